The summed E-state index contributed by atoms with van der Waals surface area (Å²) in [6.07, 6.45) is 12.7. The van der Waals surface area contributed by atoms with Gasteiger partial charge in [-0.3, -0.25) is 4.79 Å². The average Bonchev–Trinajstić information content (AvgIpc) is 3.08. The van der Waals surface area contributed by atoms with E-state index < -0.39 is 5.60 Å². The Labute approximate surface area is 195 Å². The fourth-order valence-electron chi connectivity index (χ4n) is 7.40. The molecule has 174 valence electrons. The van der Waals surface area contributed by atoms with Gasteiger partial charge in [0.1, 0.15) is 0 Å². The highest BCUT2D eigenvalue weighted by molar-refractivity contribution is 5.93. The highest BCUT2D eigenvalue weighted by Crippen LogP contribution is 2.67. The SMILES string of the molecule is C[C@]12C[C@H](c3ccc(/C=N\O)cc3)C3=C4CCC(=O)C=C4CC[C@H]3[C@@H]1CC[C@@]2(O)/C=C\CO. The van der Waals surface area contributed by atoms with Gasteiger partial charge < -0.3 is 15.4 Å². The number of aliphatic hydroxyl groups is 2. The lowest BCUT2D eigenvalue weighted by molar-refractivity contribution is -0.114. The third-order valence-corrected chi connectivity index (χ3v) is 8.99. The zero-order valence-corrected chi connectivity index (χ0v) is 19.2. The van der Waals surface area contributed by atoms with Gasteiger partial charge in [-0.2, -0.15) is 0 Å². The summed E-state index contributed by atoms with van der Waals surface area (Å²) in [5.41, 5.74) is 4.92. The van der Waals surface area contributed by atoms with Crippen LogP contribution >= 0.6 is 0 Å². The molecule has 5 atom stereocenters. The van der Waals surface area contributed by atoms with Gasteiger partial charge in [0, 0.05) is 17.8 Å². The Morgan fingerprint density at radius 3 is 2.67 bits per heavy atom. The van der Waals surface area contributed by atoms with E-state index >= 15 is 0 Å². The largest absolute Gasteiger partial charge is 0.411 e. The Morgan fingerprint density at radius 2 is 1.94 bits per heavy atom. The Hall–Kier alpha value is -2.50. The van der Waals surface area contributed by atoms with Crippen LogP contribution in [0.5, 0.6) is 0 Å². The quantitative estimate of drug-likeness (QED) is 0.271. The second kappa shape index (κ2) is 8.37. The Balaban J connectivity index is 1.65. The molecule has 4 aliphatic rings. The molecule has 3 N–H and O–H groups in total. The van der Waals surface area contributed by atoms with Crippen LogP contribution in [0.2, 0.25) is 0 Å². The molecule has 5 rings (SSSR count). The predicted octanol–water partition coefficient (Wildman–Crippen LogP) is 4.67. The van der Waals surface area contributed by atoms with Crippen LogP contribution in [0.25, 0.3) is 0 Å². The molecule has 0 heterocycles. The lowest BCUT2D eigenvalue weighted by Gasteiger charge is -2.54. The van der Waals surface area contributed by atoms with Gasteiger partial charge >= 0.3 is 0 Å². The lowest BCUT2D eigenvalue weighted by Crippen LogP contribution is -2.50. The maximum atomic E-state index is 12.2. The summed E-state index contributed by atoms with van der Waals surface area (Å²) in [6, 6.07) is 8.17. The molecule has 1 aromatic carbocycles. The van der Waals surface area contributed by atoms with Gasteiger partial charge in [0.2, 0.25) is 0 Å². The monoisotopic (exact) mass is 447 g/mol. The summed E-state index contributed by atoms with van der Waals surface area (Å²) in [4.78, 5) is 12.2. The number of allylic oxidation sites excluding steroid dienone is 4. The van der Waals surface area contributed by atoms with Crippen molar-refractivity contribution in [1.29, 1.82) is 0 Å². The number of oxime groups is 1. The molecule has 0 unspecified atom stereocenters. The first-order valence-electron chi connectivity index (χ1n) is 12.2. The Bertz CT molecular complexity index is 1070. The minimum absolute atomic E-state index is 0.0682. The molecule has 0 spiro atoms. The number of rotatable bonds is 4. The summed E-state index contributed by atoms with van der Waals surface area (Å²) in [6.45, 7) is 2.17. The normalized spacial score (nSPS) is 36.2. The van der Waals surface area contributed by atoms with Crippen molar-refractivity contribution >= 4 is 12.0 Å². The Kier molecular flexibility index (Phi) is 5.66. The number of carbonyl (C=O) groups is 1. The number of carbonyl (C=O) groups excluding carboxylic acids is 1. The van der Waals surface area contributed by atoms with Crippen molar-refractivity contribution in [1.82, 2.24) is 0 Å². The standard InChI is InChI=1S/C28H33NO4/c1-27-16-24(19-5-3-18(4-6-19)17-29-33)26-22-10-8-21(31)15-20(22)7-9-23(26)25(27)11-13-28(27,32)12-2-14-30/h2-6,12,15,17,23-25,30,32-33H,7-11,13-14,16H2,1H3/b12-2-,29-17-/t23-,24+,25-,27-,28-/m0/s1. The minimum Gasteiger partial charge on any atom is -0.411 e. The van der Waals surface area contributed by atoms with Crippen LogP contribution in [0.3, 0.4) is 0 Å². The molecule has 0 radical (unpaired) electrons. The molecule has 1 aromatic rings. The molecular weight excluding hydrogens is 414 g/mol. The first kappa shape index (κ1) is 22.3. The molecule has 5 nitrogen and oxygen atoms in total. The van der Waals surface area contributed by atoms with Crippen LogP contribution in [0, 0.1) is 17.3 Å². The van der Waals surface area contributed by atoms with E-state index in [9.17, 15) is 15.0 Å². The van der Waals surface area contributed by atoms with Crippen LogP contribution in [-0.4, -0.2) is 39.6 Å². The first-order chi connectivity index (χ1) is 15.9. The van der Waals surface area contributed by atoms with E-state index in [4.69, 9.17) is 5.21 Å². The second-order valence-corrected chi connectivity index (χ2v) is 10.5. The number of nitrogens with zero attached hydrogens (tertiary/aromatic N) is 1. The molecule has 5 heteroatoms. The van der Waals surface area contributed by atoms with Crippen molar-refractivity contribution in [3.8, 4) is 0 Å². The van der Waals surface area contributed by atoms with E-state index in [1.54, 1.807) is 6.08 Å². The van der Waals surface area contributed by atoms with Crippen molar-refractivity contribution in [3.05, 3.63) is 70.3 Å². The summed E-state index contributed by atoms with van der Waals surface area (Å²) in [7, 11) is 0. The molecule has 0 saturated heterocycles. The van der Waals surface area contributed by atoms with Crippen molar-refractivity contribution in [2.45, 2.75) is 63.4 Å². The predicted molar refractivity (Wildman–Crippen MR) is 127 cm³/mol. The topological polar surface area (TPSA) is 90.1 Å². The van der Waals surface area contributed by atoms with Crippen molar-refractivity contribution in [3.63, 3.8) is 0 Å². The van der Waals surface area contributed by atoms with Crippen LogP contribution < -0.4 is 0 Å². The number of ketones is 1. The van der Waals surface area contributed by atoms with E-state index in [2.05, 4.69) is 24.2 Å². The fraction of sp³-hybridized carbons (Fsp3) is 0.500. The molecule has 4 aliphatic carbocycles. The van der Waals surface area contributed by atoms with Crippen LogP contribution in [0.15, 0.2) is 64.4 Å². The minimum atomic E-state index is -0.934. The highest BCUT2D eigenvalue weighted by atomic mass is 16.4. The molecule has 2 saturated carbocycles. The van der Waals surface area contributed by atoms with Gasteiger partial charge in [0.25, 0.3) is 0 Å². The van der Waals surface area contributed by atoms with Crippen LogP contribution in [0.4, 0.5) is 0 Å². The number of hydrogen-bond acceptors (Lipinski definition) is 5. The highest BCUT2D eigenvalue weighted by Gasteiger charge is 2.61. The molecular formula is C28H33NO4. The summed E-state index contributed by atoms with van der Waals surface area (Å²) in [5, 5.41) is 33.2. The smallest absolute Gasteiger partial charge is 0.156 e. The first-order valence-corrected chi connectivity index (χ1v) is 12.2. The average molecular weight is 448 g/mol. The number of benzene rings is 1. The molecule has 0 aliphatic heterocycles. The maximum absolute atomic E-state index is 12.2. The van der Waals surface area contributed by atoms with Gasteiger partial charge in [-0.25, -0.2) is 0 Å². The molecule has 0 bridgehead atoms. The molecule has 0 aromatic heterocycles. The van der Waals surface area contributed by atoms with Crippen LogP contribution in [0.1, 0.15) is 68.9 Å². The second-order valence-electron chi connectivity index (χ2n) is 10.5. The van der Waals surface area contributed by atoms with Gasteiger partial charge in [-0.1, -0.05) is 54.1 Å². The summed E-state index contributed by atoms with van der Waals surface area (Å²) < 4.78 is 0. The third-order valence-electron chi connectivity index (χ3n) is 8.99. The number of hydrogen-bond donors (Lipinski definition) is 3. The number of fused-ring (bicyclic) bond motifs is 4. The number of aliphatic hydroxyl groups excluding tert-OH is 1. The molecule has 33 heavy (non-hydrogen) atoms. The van der Waals surface area contributed by atoms with E-state index in [-0.39, 0.29) is 23.7 Å². The van der Waals surface area contributed by atoms with Crippen molar-refractivity contribution < 1.29 is 20.2 Å². The van der Waals surface area contributed by atoms with Gasteiger partial charge in [0.15, 0.2) is 5.78 Å². The van der Waals surface area contributed by atoms with Gasteiger partial charge in [-0.15, -0.1) is 0 Å². The zero-order chi connectivity index (χ0) is 23.2. The van der Waals surface area contributed by atoms with E-state index in [1.807, 2.05) is 24.3 Å². The van der Waals surface area contributed by atoms with Crippen molar-refractivity contribution in [2.75, 3.05) is 6.61 Å². The summed E-state index contributed by atoms with van der Waals surface area (Å²) in [5.74, 6) is 1.17. The fourth-order valence-corrected chi connectivity index (χ4v) is 7.40. The van der Waals surface area contributed by atoms with Gasteiger partial charge in [-0.05, 0) is 78.7 Å². The zero-order valence-electron chi connectivity index (χ0n) is 19.2. The van der Waals surface area contributed by atoms with Gasteiger partial charge in [0.05, 0.1) is 18.4 Å². The summed E-state index contributed by atoms with van der Waals surface area (Å²) >= 11 is 0. The van der Waals surface area contributed by atoms with E-state index in [1.165, 1.54) is 28.5 Å². The lowest BCUT2D eigenvalue weighted by atomic mass is 9.51. The van der Waals surface area contributed by atoms with Crippen molar-refractivity contribution in [2.24, 2.45) is 22.4 Å². The Morgan fingerprint density at radius 1 is 1.15 bits per heavy atom. The maximum Gasteiger partial charge on any atom is 0.156 e. The van der Waals surface area contributed by atoms with Crippen LogP contribution in [-0.2, 0) is 4.79 Å². The molecule has 2 fully saturated rings. The van der Waals surface area contributed by atoms with E-state index in [0.29, 0.717) is 24.7 Å². The van der Waals surface area contributed by atoms with E-state index in [0.717, 1.165) is 37.7 Å². The molecule has 0 amide bonds. The third kappa shape index (κ3) is 3.53.